The van der Waals surface area contributed by atoms with Crippen LogP contribution in [0.4, 0.5) is 9.59 Å². The van der Waals surface area contributed by atoms with E-state index >= 15 is 0 Å². The number of carbonyl (C=O) groups excluding carboxylic acids is 4. The number of carbonyl (C=O) groups is 4. The predicted octanol–water partition coefficient (Wildman–Crippen LogP) is 5.46. The van der Waals surface area contributed by atoms with E-state index in [1.54, 1.807) is 57.2 Å². The van der Waals surface area contributed by atoms with Crippen LogP contribution in [0.25, 0.3) is 0 Å². The molecule has 0 aliphatic rings. The van der Waals surface area contributed by atoms with Gasteiger partial charge in [-0.15, -0.1) is 0 Å². The number of nitrogens with two attached hydrogens (primary N) is 1. The third-order valence-corrected chi connectivity index (χ3v) is 6.37. The lowest BCUT2D eigenvalue weighted by Gasteiger charge is -2.19. The number of hydrogen-bond donors (Lipinski definition) is 1. The number of rotatable bonds is 13. The lowest BCUT2D eigenvalue weighted by Crippen LogP contribution is -2.36. The second-order valence-electron chi connectivity index (χ2n) is 10.6. The molecular weight excluding hydrogens is 546 g/mol. The van der Waals surface area contributed by atoms with Gasteiger partial charge in [-0.2, -0.15) is 0 Å². The standard InChI is InChI=1S/C31H41NO10/c1-18(2)21(6)39-30(35)41-26-14-13-23(16-27(26)42-31(36)40-22(7)19(3)4)15-25(32)29(34)37-17-20(5)38-28(33)24-11-9-8-10-12-24/h8-14,16,18-22,25H,15,17,32H2,1-7H3/t20-,21?,22?,25-/m0/s1. The zero-order valence-corrected chi connectivity index (χ0v) is 25.2. The SMILES string of the molecule is CC(C)C(C)OC(=O)Oc1ccc(C[C@H](N)C(=O)OC[C@H](C)OC(=O)c2ccccc2)cc1OC(=O)OC(C)C(C)C. The van der Waals surface area contributed by atoms with Crippen molar-refractivity contribution in [2.75, 3.05) is 6.61 Å². The first kappa shape index (κ1) is 34.1. The molecule has 230 valence electrons. The van der Waals surface area contributed by atoms with Crippen LogP contribution in [0.5, 0.6) is 11.5 Å². The highest BCUT2D eigenvalue weighted by Crippen LogP contribution is 2.30. The molecule has 2 aromatic carbocycles. The molecule has 4 atom stereocenters. The Morgan fingerprint density at radius 2 is 1.26 bits per heavy atom. The monoisotopic (exact) mass is 587 g/mol. The number of hydrogen-bond acceptors (Lipinski definition) is 11. The van der Waals surface area contributed by atoms with Gasteiger partial charge < -0.3 is 34.2 Å². The van der Waals surface area contributed by atoms with Gasteiger partial charge in [0.05, 0.1) is 5.56 Å². The molecule has 0 saturated carbocycles. The van der Waals surface area contributed by atoms with E-state index < -0.39 is 48.6 Å². The van der Waals surface area contributed by atoms with Gasteiger partial charge in [-0.25, -0.2) is 14.4 Å². The molecule has 2 N–H and O–H groups in total. The van der Waals surface area contributed by atoms with E-state index in [0.29, 0.717) is 11.1 Å². The summed E-state index contributed by atoms with van der Waals surface area (Å²) >= 11 is 0. The van der Waals surface area contributed by atoms with Crippen LogP contribution in [0.2, 0.25) is 0 Å². The average molecular weight is 588 g/mol. The fraction of sp³-hybridized carbons (Fsp3) is 0.484. The normalized spacial score (nSPS) is 13.9. The van der Waals surface area contributed by atoms with Gasteiger partial charge in [-0.3, -0.25) is 4.79 Å². The predicted molar refractivity (Wildman–Crippen MR) is 153 cm³/mol. The van der Waals surface area contributed by atoms with E-state index in [9.17, 15) is 19.2 Å². The molecule has 0 heterocycles. The summed E-state index contributed by atoms with van der Waals surface area (Å²) in [6.07, 6.45) is -3.52. The van der Waals surface area contributed by atoms with Crippen molar-refractivity contribution in [3.05, 3.63) is 59.7 Å². The molecule has 2 aromatic rings. The Hall–Kier alpha value is -4.12. The van der Waals surface area contributed by atoms with Gasteiger partial charge in [0.1, 0.15) is 31.0 Å². The Kier molecular flexibility index (Phi) is 13.3. The van der Waals surface area contributed by atoms with Crippen LogP contribution in [-0.2, 0) is 30.2 Å². The van der Waals surface area contributed by atoms with Gasteiger partial charge in [-0.05, 0) is 68.9 Å². The van der Waals surface area contributed by atoms with E-state index in [4.69, 9.17) is 34.2 Å². The minimum atomic E-state index is -1.09. The van der Waals surface area contributed by atoms with Crippen LogP contribution >= 0.6 is 0 Å². The third-order valence-electron chi connectivity index (χ3n) is 6.37. The maximum atomic E-state index is 12.5. The average Bonchev–Trinajstić information content (AvgIpc) is 2.93. The fourth-order valence-corrected chi connectivity index (χ4v) is 3.15. The molecule has 0 amide bonds. The highest BCUT2D eigenvalue weighted by molar-refractivity contribution is 5.89. The Balaban J connectivity index is 2.06. The van der Waals surface area contributed by atoms with Gasteiger partial charge in [0.2, 0.25) is 0 Å². The van der Waals surface area contributed by atoms with Crippen molar-refractivity contribution in [2.24, 2.45) is 17.6 Å². The Labute approximate surface area is 246 Å². The zero-order valence-electron chi connectivity index (χ0n) is 25.2. The van der Waals surface area contributed by atoms with Crippen molar-refractivity contribution in [1.29, 1.82) is 0 Å². The van der Waals surface area contributed by atoms with Gasteiger partial charge in [0.25, 0.3) is 0 Å². The van der Waals surface area contributed by atoms with Gasteiger partial charge >= 0.3 is 24.2 Å². The molecule has 0 aliphatic carbocycles. The van der Waals surface area contributed by atoms with Crippen molar-refractivity contribution in [2.45, 2.75) is 79.2 Å². The van der Waals surface area contributed by atoms with Crippen molar-refractivity contribution in [1.82, 2.24) is 0 Å². The lowest BCUT2D eigenvalue weighted by molar-refractivity contribution is -0.148. The second-order valence-corrected chi connectivity index (χ2v) is 10.6. The van der Waals surface area contributed by atoms with Crippen molar-refractivity contribution in [3.63, 3.8) is 0 Å². The molecule has 0 aliphatic heterocycles. The maximum Gasteiger partial charge on any atom is 0.514 e. The Bertz CT molecular complexity index is 1200. The zero-order chi connectivity index (χ0) is 31.4. The topological polar surface area (TPSA) is 150 Å². The van der Waals surface area contributed by atoms with Gasteiger partial charge in [-0.1, -0.05) is 52.0 Å². The molecule has 0 spiro atoms. The molecule has 0 aromatic heterocycles. The molecule has 0 radical (unpaired) electrons. The number of benzene rings is 2. The first-order chi connectivity index (χ1) is 19.8. The molecule has 11 heteroatoms. The molecule has 2 rings (SSSR count). The van der Waals surface area contributed by atoms with E-state index in [2.05, 4.69) is 0 Å². The van der Waals surface area contributed by atoms with Crippen LogP contribution in [0.1, 0.15) is 64.4 Å². The van der Waals surface area contributed by atoms with E-state index in [1.807, 2.05) is 27.7 Å². The summed E-state index contributed by atoms with van der Waals surface area (Å²) in [4.78, 5) is 49.5. The minimum absolute atomic E-state index is 0.0000677. The highest BCUT2D eigenvalue weighted by Gasteiger charge is 2.23. The highest BCUT2D eigenvalue weighted by atomic mass is 16.8. The molecule has 42 heavy (non-hydrogen) atoms. The molecular formula is C31H41NO10. The van der Waals surface area contributed by atoms with Crippen LogP contribution in [0.3, 0.4) is 0 Å². The van der Waals surface area contributed by atoms with Crippen molar-refractivity contribution in [3.8, 4) is 11.5 Å². The van der Waals surface area contributed by atoms with Crippen LogP contribution in [-0.4, -0.2) is 55.2 Å². The van der Waals surface area contributed by atoms with Crippen LogP contribution in [0.15, 0.2) is 48.5 Å². The summed E-state index contributed by atoms with van der Waals surface area (Å²) < 4.78 is 31.7. The lowest BCUT2D eigenvalue weighted by atomic mass is 10.1. The van der Waals surface area contributed by atoms with Crippen molar-refractivity contribution < 1.29 is 47.6 Å². The summed E-state index contributed by atoms with van der Waals surface area (Å²) in [5, 5.41) is 0. The summed E-state index contributed by atoms with van der Waals surface area (Å²) in [5.74, 6) is -1.37. The Morgan fingerprint density at radius 3 is 1.81 bits per heavy atom. The first-order valence-electron chi connectivity index (χ1n) is 13.8. The summed E-state index contributed by atoms with van der Waals surface area (Å²) in [6.45, 7) is 12.4. The molecule has 0 fully saturated rings. The molecule has 0 bridgehead atoms. The number of ether oxygens (including phenoxy) is 6. The number of esters is 2. The van der Waals surface area contributed by atoms with Crippen molar-refractivity contribution >= 4 is 24.2 Å². The minimum Gasteiger partial charge on any atom is -0.461 e. The van der Waals surface area contributed by atoms with Crippen LogP contribution in [0, 0.1) is 11.8 Å². The summed E-state index contributed by atoms with van der Waals surface area (Å²) in [7, 11) is 0. The Morgan fingerprint density at radius 1 is 0.714 bits per heavy atom. The first-order valence-corrected chi connectivity index (χ1v) is 13.8. The third kappa shape index (κ3) is 11.4. The fourth-order valence-electron chi connectivity index (χ4n) is 3.15. The summed E-state index contributed by atoms with van der Waals surface area (Å²) in [6, 6.07) is 11.7. The maximum absolute atomic E-state index is 12.5. The molecule has 0 saturated heterocycles. The van der Waals surface area contributed by atoms with E-state index in [-0.39, 0.29) is 36.4 Å². The van der Waals surface area contributed by atoms with Gasteiger partial charge in [0, 0.05) is 0 Å². The quantitative estimate of drug-likeness (QED) is 0.181. The smallest absolute Gasteiger partial charge is 0.461 e. The second kappa shape index (κ2) is 16.4. The molecule has 11 nitrogen and oxygen atoms in total. The van der Waals surface area contributed by atoms with E-state index in [1.165, 1.54) is 12.1 Å². The van der Waals surface area contributed by atoms with Crippen LogP contribution < -0.4 is 15.2 Å². The molecule has 2 unspecified atom stereocenters. The van der Waals surface area contributed by atoms with E-state index in [0.717, 1.165) is 0 Å². The largest absolute Gasteiger partial charge is 0.514 e. The van der Waals surface area contributed by atoms with Gasteiger partial charge in [0.15, 0.2) is 11.5 Å². The summed E-state index contributed by atoms with van der Waals surface area (Å²) in [5.41, 5.74) is 6.92.